The molecule has 8 nitrogen and oxygen atoms in total. The van der Waals surface area contributed by atoms with Crippen molar-refractivity contribution in [3.05, 3.63) is 45.7 Å². The van der Waals surface area contributed by atoms with Crippen molar-refractivity contribution < 1.29 is 28.6 Å². The molecule has 28 heavy (non-hydrogen) atoms. The zero-order chi connectivity index (χ0) is 20.8. The Morgan fingerprint density at radius 2 is 1.89 bits per heavy atom. The van der Waals surface area contributed by atoms with Crippen molar-refractivity contribution in [3.63, 3.8) is 0 Å². The second-order valence-electron chi connectivity index (χ2n) is 5.80. The summed E-state index contributed by atoms with van der Waals surface area (Å²) < 4.78 is 14.8. The number of anilines is 1. The first kappa shape index (κ1) is 21.3. The third kappa shape index (κ3) is 4.64. The minimum atomic E-state index is -0.745. The number of hydrogen-bond donors (Lipinski definition) is 2. The van der Waals surface area contributed by atoms with Gasteiger partial charge in [0.25, 0.3) is 5.91 Å². The highest BCUT2D eigenvalue weighted by Gasteiger charge is 2.24. The Labute approximate surface area is 167 Å². The number of esters is 2. The van der Waals surface area contributed by atoms with Gasteiger partial charge in [-0.2, -0.15) is 0 Å². The Morgan fingerprint density at radius 1 is 1.18 bits per heavy atom. The predicted octanol–water partition coefficient (Wildman–Crippen LogP) is 3.13. The summed E-state index contributed by atoms with van der Waals surface area (Å²) in [4.78, 5) is 39.1. The molecule has 0 unspecified atom stereocenters. The molecule has 2 N–H and O–H groups in total. The number of amides is 1. The molecule has 0 aliphatic rings. The summed E-state index contributed by atoms with van der Waals surface area (Å²) in [6.07, 6.45) is 0.497. The first-order chi connectivity index (χ1) is 13.3. The molecule has 0 radical (unpaired) electrons. The highest BCUT2D eigenvalue weighted by Crippen LogP contribution is 2.27. The monoisotopic (exact) mass is 408 g/mol. The van der Waals surface area contributed by atoms with E-state index in [9.17, 15) is 14.4 Å². The van der Waals surface area contributed by atoms with Crippen molar-refractivity contribution in [2.45, 2.75) is 20.3 Å². The second kappa shape index (κ2) is 9.27. The summed E-state index contributed by atoms with van der Waals surface area (Å²) in [7, 11) is 2.75. The lowest BCUT2D eigenvalue weighted by Gasteiger charge is -2.08. The average Bonchev–Trinajstić information content (AvgIpc) is 3.02. The number of carbonyl (C=O) groups excluding carboxylic acids is 3. The molecule has 0 saturated carbocycles. The molecule has 0 bridgehead atoms. The van der Waals surface area contributed by atoms with Crippen LogP contribution in [0.2, 0.25) is 5.02 Å². The van der Waals surface area contributed by atoms with Crippen molar-refractivity contribution >= 4 is 35.1 Å². The number of rotatable bonds is 7. The maximum Gasteiger partial charge on any atom is 0.355 e. The van der Waals surface area contributed by atoms with E-state index in [1.165, 1.54) is 20.3 Å². The topological polar surface area (TPSA) is 107 Å². The molecule has 1 amide bonds. The van der Waals surface area contributed by atoms with E-state index < -0.39 is 24.5 Å². The van der Waals surface area contributed by atoms with Gasteiger partial charge in [-0.15, -0.1) is 0 Å². The van der Waals surface area contributed by atoms with Gasteiger partial charge in [-0.05, 0) is 37.1 Å². The van der Waals surface area contributed by atoms with Crippen molar-refractivity contribution in [2.75, 3.05) is 26.1 Å². The van der Waals surface area contributed by atoms with Crippen LogP contribution in [0, 0.1) is 6.92 Å². The fraction of sp³-hybridized carbons (Fsp3) is 0.316. The Kier molecular flexibility index (Phi) is 7.06. The van der Waals surface area contributed by atoms with Crippen LogP contribution in [0.3, 0.4) is 0 Å². The summed E-state index contributed by atoms with van der Waals surface area (Å²) in [5.74, 6) is -1.35. The maximum atomic E-state index is 12.3. The normalized spacial score (nSPS) is 10.3. The number of H-pyrrole nitrogens is 1. The van der Waals surface area contributed by atoms with Gasteiger partial charge in [-0.25, -0.2) is 9.59 Å². The van der Waals surface area contributed by atoms with Gasteiger partial charge in [0.15, 0.2) is 6.61 Å². The first-order valence-electron chi connectivity index (χ1n) is 8.42. The molecule has 1 aromatic carbocycles. The van der Waals surface area contributed by atoms with Crippen LogP contribution in [0.1, 0.15) is 39.0 Å². The molecule has 2 rings (SSSR count). The lowest BCUT2D eigenvalue weighted by atomic mass is 10.1. The molecule has 1 aromatic heterocycles. The third-order valence-corrected chi connectivity index (χ3v) is 4.34. The van der Waals surface area contributed by atoms with Gasteiger partial charge in [0.2, 0.25) is 0 Å². The number of benzene rings is 1. The highest BCUT2D eigenvalue weighted by molar-refractivity contribution is 6.32. The number of ether oxygens (including phenoxy) is 3. The number of carbonyl (C=O) groups is 3. The zero-order valence-electron chi connectivity index (χ0n) is 16.0. The van der Waals surface area contributed by atoms with Gasteiger partial charge in [-0.3, -0.25) is 4.79 Å². The van der Waals surface area contributed by atoms with Crippen molar-refractivity contribution in [2.24, 2.45) is 0 Å². The van der Waals surface area contributed by atoms with Crippen LogP contribution in [0.15, 0.2) is 18.2 Å². The molecule has 0 fully saturated rings. The molecule has 0 saturated heterocycles. The molecular formula is C19H21ClN2O6. The van der Waals surface area contributed by atoms with Crippen LogP contribution in [0.5, 0.6) is 5.75 Å². The molecule has 2 aromatic rings. The summed E-state index contributed by atoms with van der Waals surface area (Å²) in [6, 6.07) is 4.73. The molecule has 1 heterocycles. The molecule has 0 aliphatic heterocycles. The van der Waals surface area contributed by atoms with Crippen LogP contribution in [-0.4, -0.2) is 43.7 Å². The number of aromatic nitrogens is 1. The van der Waals surface area contributed by atoms with Crippen molar-refractivity contribution in [1.82, 2.24) is 4.98 Å². The number of aromatic amines is 1. The average molecular weight is 409 g/mol. The third-order valence-electron chi connectivity index (χ3n) is 4.04. The lowest BCUT2D eigenvalue weighted by molar-refractivity contribution is -0.119. The molecule has 0 aliphatic carbocycles. The SMILES string of the molecule is CCc1[nH]c(C(=O)OCC(=O)Nc2ccc(OC)c(Cl)c2)c(C)c1C(=O)OC. The fourth-order valence-electron chi connectivity index (χ4n) is 2.65. The van der Waals surface area contributed by atoms with E-state index in [2.05, 4.69) is 10.3 Å². The number of hydrogen-bond acceptors (Lipinski definition) is 6. The Balaban J connectivity index is 2.04. The maximum absolute atomic E-state index is 12.3. The van der Waals surface area contributed by atoms with Gasteiger partial charge >= 0.3 is 11.9 Å². The van der Waals surface area contributed by atoms with Gasteiger partial charge in [0.05, 0.1) is 24.8 Å². The molecule has 150 valence electrons. The molecule has 0 spiro atoms. The summed E-state index contributed by atoms with van der Waals surface area (Å²) >= 11 is 6.00. The smallest absolute Gasteiger partial charge is 0.355 e. The van der Waals surface area contributed by atoms with Crippen LogP contribution >= 0.6 is 11.6 Å². The Hall–Kier alpha value is -3.00. The van der Waals surface area contributed by atoms with Gasteiger partial charge in [-0.1, -0.05) is 18.5 Å². The largest absolute Gasteiger partial charge is 0.495 e. The van der Waals surface area contributed by atoms with E-state index in [1.54, 1.807) is 19.1 Å². The van der Waals surface area contributed by atoms with Crippen LogP contribution in [-0.2, 0) is 20.7 Å². The first-order valence-corrected chi connectivity index (χ1v) is 8.80. The highest BCUT2D eigenvalue weighted by atomic mass is 35.5. The molecule has 9 heteroatoms. The van der Waals surface area contributed by atoms with Crippen LogP contribution in [0.25, 0.3) is 0 Å². The second-order valence-corrected chi connectivity index (χ2v) is 6.20. The van der Waals surface area contributed by atoms with Crippen LogP contribution < -0.4 is 10.1 Å². The van der Waals surface area contributed by atoms with E-state index in [-0.39, 0.29) is 5.69 Å². The van der Waals surface area contributed by atoms with E-state index >= 15 is 0 Å². The van der Waals surface area contributed by atoms with Crippen molar-refractivity contribution in [3.8, 4) is 5.75 Å². The molecular weight excluding hydrogens is 388 g/mol. The molecule has 0 atom stereocenters. The summed E-state index contributed by atoms with van der Waals surface area (Å²) in [6.45, 7) is 2.94. The minimum absolute atomic E-state index is 0.109. The zero-order valence-corrected chi connectivity index (χ0v) is 16.7. The van der Waals surface area contributed by atoms with E-state index in [0.29, 0.717) is 39.7 Å². The Bertz CT molecular complexity index is 906. The van der Waals surface area contributed by atoms with Crippen molar-refractivity contribution in [1.29, 1.82) is 0 Å². The quantitative estimate of drug-likeness (QED) is 0.681. The Morgan fingerprint density at radius 3 is 2.46 bits per heavy atom. The predicted molar refractivity (Wildman–Crippen MR) is 103 cm³/mol. The lowest BCUT2D eigenvalue weighted by Crippen LogP contribution is -2.21. The number of aryl methyl sites for hydroxylation is 1. The number of halogens is 1. The minimum Gasteiger partial charge on any atom is -0.495 e. The van der Waals surface area contributed by atoms with Gasteiger partial charge < -0.3 is 24.5 Å². The van der Waals surface area contributed by atoms with E-state index in [0.717, 1.165) is 0 Å². The standard InChI is InChI=1S/C19H21ClN2O6/c1-5-13-16(18(24)27-4)10(2)17(22-13)19(25)28-9-15(23)21-11-6-7-14(26-3)12(20)8-11/h6-8,22H,5,9H2,1-4H3,(H,21,23). The van der Waals surface area contributed by atoms with Gasteiger partial charge in [0, 0.05) is 11.4 Å². The van der Waals surface area contributed by atoms with E-state index in [4.69, 9.17) is 25.8 Å². The van der Waals surface area contributed by atoms with Gasteiger partial charge in [0.1, 0.15) is 11.4 Å². The van der Waals surface area contributed by atoms with E-state index in [1.807, 2.05) is 6.92 Å². The fourth-order valence-corrected chi connectivity index (χ4v) is 2.91. The number of methoxy groups -OCH3 is 2. The summed E-state index contributed by atoms with van der Waals surface area (Å²) in [5, 5.41) is 2.91. The summed E-state index contributed by atoms with van der Waals surface area (Å²) in [5.41, 5.74) is 1.82. The number of nitrogens with one attached hydrogen (secondary N) is 2. The van der Waals surface area contributed by atoms with Crippen LogP contribution in [0.4, 0.5) is 5.69 Å².